The molecule has 1 saturated heterocycles. The van der Waals surface area contributed by atoms with E-state index >= 15 is 0 Å². The summed E-state index contributed by atoms with van der Waals surface area (Å²) in [6.07, 6.45) is 4.19. The second kappa shape index (κ2) is 9.58. The maximum Gasteiger partial charge on any atom is 0.328 e. The zero-order chi connectivity index (χ0) is 24.5. The number of aromatic nitrogens is 2. The van der Waals surface area contributed by atoms with Crippen LogP contribution in [0.3, 0.4) is 0 Å². The second-order valence-corrected chi connectivity index (χ2v) is 8.66. The largest absolute Gasteiger partial charge is 0.478 e. The zero-order valence-corrected chi connectivity index (χ0v) is 19.8. The number of morpholine rings is 1. The summed E-state index contributed by atoms with van der Waals surface area (Å²) < 4.78 is 12.6. The van der Waals surface area contributed by atoms with Crippen LogP contribution in [0.25, 0.3) is 28.2 Å². The van der Waals surface area contributed by atoms with E-state index in [1.807, 2.05) is 4.90 Å². The zero-order valence-electron chi connectivity index (χ0n) is 18.3. The van der Waals surface area contributed by atoms with Gasteiger partial charge >= 0.3 is 5.97 Å². The molecule has 3 heterocycles. The van der Waals surface area contributed by atoms with Crippen molar-refractivity contribution in [3.05, 3.63) is 75.9 Å². The molecular formula is C25H19Cl2N3O5. The van der Waals surface area contributed by atoms with Crippen molar-refractivity contribution in [1.82, 2.24) is 9.72 Å². The molecule has 2 aromatic heterocycles. The summed E-state index contributed by atoms with van der Waals surface area (Å²) in [6, 6.07) is 12.1. The third-order valence-corrected chi connectivity index (χ3v) is 6.41. The summed E-state index contributed by atoms with van der Waals surface area (Å²) in [5.74, 6) is -1.13. The van der Waals surface area contributed by atoms with Crippen molar-refractivity contribution in [1.29, 1.82) is 0 Å². The van der Waals surface area contributed by atoms with E-state index in [0.29, 0.717) is 58.9 Å². The van der Waals surface area contributed by atoms with Gasteiger partial charge in [-0.05, 0) is 35.9 Å². The van der Waals surface area contributed by atoms with E-state index in [9.17, 15) is 9.59 Å². The van der Waals surface area contributed by atoms with E-state index in [1.165, 1.54) is 10.6 Å². The van der Waals surface area contributed by atoms with Crippen LogP contribution in [0.1, 0.15) is 15.9 Å². The minimum absolute atomic E-state index is 0.228. The van der Waals surface area contributed by atoms with Crippen LogP contribution in [-0.4, -0.2) is 53.0 Å². The summed E-state index contributed by atoms with van der Waals surface area (Å²) in [5.41, 5.74) is 2.16. The number of nitrogens with zero attached hydrogens (tertiary/aromatic N) is 3. The molecule has 0 saturated carbocycles. The number of carbonyl (C=O) groups is 2. The van der Waals surface area contributed by atoms with Crippen molar-refractivity contribution >= 4 is 57.9 Å². The second-order valence-electron chi connectivity index (χ2n) is 7.85. The molecule has 0 aliphatic carbocycles. The van der Waals surface area contributed by atoms with Gasteiger partial charge in [0.1, 0.15) is 11.3 Å². The van der Waals surface area contributed by atoms with Gasteiger partial charge in [-0.15, -0.1) is 0 Å². The molecule has 4 aromatic rings. The Morgan fingerprint density at radius 3 is 2.46 bits per heavy atom. The van der Waals surface area contributed by atoms with Crippen LogP contribution >= 0.6 is 23.2 Å². The van der Waals surface area contributed by atoms with Crippen LogP contribution in [0.5, 0.6) is 0 Å². The van der Waals surface area contributed by atoms with E-state index in [0.717, 1.165) is 11.5 Å². The van der Waals surface area contributed by atoms with Gasteiger partial charge in [0.15, 0.2) is 0 Å². The van der Waals surface area contributed by atoms with Crippen LogP contribution in [0.2, 0.25) is 10.0 Å². The molecule has 35 heavy (non-hydrogen) atoms. The Kier molecular flexibility index (Phi) is 6.34. The molecule has 10 heteroatoms. The normalized spacial score (nSPS) is 14.2. The first-order chi connectivity index (χ1) is 17.0. The lowest BCUT2D eigenvalue weighted by atomic mass is 10.1. The van der Waals surface area contributed by atoms with Crippen LogP contribution in [0, 0.1) is 0 Å². The molecule has 2 aromatic carbocycles. The lowest BCUT2D eigenvalue weighted by Crippen LogP contribution is -2.37. The standard InChI is InChI=1S/C25H19Cl2N3O5/c26-17-4-2-5-18(27)21(17)23-22(25(35-28-23)29-11-13-34-14-12-29)24(33)30-10-9-16-15(7-8-20(31)32)3-1-6-19(16)30/h1-10H,11-14H2,(H,31,32)/b8-7+. The topological polar surface area (TPSA) is 97.8 Å². The number of benzene rings is 2. The molecule has 0 bridgehead atoms. The van der Waals surface area contributed by atoms with E-state index in [-0.39, 0.29) is 17.2 Å². The van der Waals surface area contributed by atoms with Gasteiger partial charge in [-0.25, -0.2) is 4.79 Å². The van der Waals surface area contributed by atoms with Crippen LogP contribution in [-0.2, 0) is 9.53 Å². The Hall–Kier alpha value is -3.59. The molecule has 1 aliphatic rings. The number of carbonyl (C=O) groups excluding carboxylic acids is 1. The first kappa shape index (κ1) is 23.2. The first-order valence-corrected chi connectivity index (χ1v) is 11.5. The number of rotatable bonds is 5. The van der Waals surface area contributed by atoms with Gasteiger partial charge in [0.25, 0.3) is 5.91 Å². The minimum Gasteiger partial charge on any atom is -0.478 e. The lowest BCUT2D eigenvalue weighted by Gasteiger charge is -2.26. The Labute approximate surface area is 209 Å². The molecular weight excluding hydrogens is 493 g/mol. The molecule has 1 fully saturated rings. The van der Waals surface area contributed by atoms with Gasteiger partial charge in [0.2, 0.25) is 5.88 Å². The Morgan fingerprint density at radius 2 is 1.74 bits per heavy atom. The molecule has 0 amide bonds. The Bertz CT molecular complexity index is 1450. The quantitative estimate of drug-likeness (QED) is 0.366. The van der Waals surface area contributed by atoms with Gasteiger partial charge in [-0.3, -0.25) is 9.36 Å². The van der Waals surface area contributed by atoms with E-state index < -0.39 is 5.97 Å². The molecule has 178 valence electrons. The Balaban J connectivity index is 1.68. The first-order valence-electron chi connectivity index (χ1n) is 10.8. The highest BCUT2D eigenvalue weighted by Crippen LogP contribution is 2.40. The monoisotopic (exact) mass is 511 g/mol. The summed E-state index contributed by atoms with van der Waals surface area (Å²) in [7, 11) is 0. The van der Waals surface area contributed by atoms with E-state index in [4.69, 9.17) is 37.6 Å². The third kappa shape index (κ3) is 4.32. The predicted molar refractivity (Wildman–Crippen MR) is 133 cm³/mol. The number of carboxylic acids is 1. The fraction of sp³-hybridized carbons (Fsp3) is 0.160. The van der Waals surface area contributed by atoms with Gasteiger partial charge in [0.05, 0.1) is 28.8 Å². The number of halogens is 2. The number of hydrogen-bond donors (Lipinski definition) is 1. The summed E-state index contributed by atoms with van der Waals surface area (Å²) in [6.45, 7) is 2.04. The Morgan fingerprint density at radius 1 is 1.03 bits per heavy atom. The van der Waals surface area contributed by atoms with Gasteiger partial charge in [-0.1, -0.05) is 46.6 Å². The van der Waals surface area contributed by atoms with Crippen molar-refractivity contribution in [3.63, 3.8) is 0 Å². The summed E-state index contributed by atoms with van der Waals surface area (Å²) in [5, 5.41) is 14.6. The summed E-state index contributed by atoms with van der Waals surface area (Å²) in [4.78, 5) is 26.9. The average molecular weight is 512 g/mol. The molecule has 1 aliphatic heterocycles. The maximum absolute atomic E-state index is 14.0. The van der Waals surface area contributed by atoms with Crippen LogP contribution in [0.4, 0.5) is 5.88 Å². The number of aliphatic carboxylic acids is 1. The molecule has 0 unspecified atom stereocenters. The fourth-order valence-corrected chi connectivity index (χ4v) is 4.72. The molecule has 0 spiro atoms. The molecule has 0 atom stereocenters. The summed E-state index contributed by atoms with van der Waals surface area (Å²) >= 11 is 12.9. The number of carboxylic acid groups (broad SMARTS) is 1. The smallest absolute Gasteiger partial charge is 0.328 e. The highest BCUT2D eigenvalue weighted by molar-refractivity contribution is 6.39. The van der Waals surface area contributed by atoms with Crippen molar-refractivity contribution < 1.29 is 24.0 Å². The molecule has 8 nitrogen and oxygen atoms in total. The molecule has 0 radical (unpaired) electrons. The van der Waals surface area contributed by atoms with Crippen molar-refractivity contribution in [2.24, 2.45) is 0 Å². The van der Waals surface area contributed by atoms with Crippen LogP contribution in [0.15, 0.2) is 59.3 Å². The van der Waals surface area contributed by atoms with Crippen molar-refractivity contribution in [2.75, 3.05) is 31.2 Å². The highest BCUT2D eigenvalue weighted by Gasteiger charge is 2.32. The number of ether oxygens (including phenoxy) is 1. The van der Waals surface area contributed by atoms with Gasteiger partial charge in [0, 0.05) is 36.3 Å². The van der Waals surface area contributed by atoms with Crippen molar-refractivity contribution in [2.45, 2.75) is 0 Å². The van der Waals surface area contributed by atoms with Crippen molar-refractivity contribution in [3.8, 4) is 11.3 Å². The highest BCUT2D eigenvalue weighted by atomic mass is 35.5. The lowest BCUT2D eigenvalue weighted by molar-refractivity contribution is -0.131. The number of fused-ring (bicyclic) bond motifs is 1. The average Bonchev–Trinajstić information content (AvgIpc) is 3.48. The van der Waals surface area contributed by atoms with E-state index in [2.05, 4.69) is 5.16 Å². The van der Waals surface area contributed by atoms with Crippen LogP contribution < -0.4 is 4.90 Å². The fourth-order valence-electron chi connectivity index (χ4n) is 4.15. The maximum atomic E-state index is 14.0. The third-order valence-electron chi connectivity index (χ3n) is 5.78. The van der Waals surface area contributed by atoms with E-state index in [1.54, 1.807) is 48.7 Å². The molecule has 5 rings (SSSR count). The SMILES string of the molecule is O=C(O)/C=C/c1cccc2c1ccn2C(=O)c1c(-c2c(Cl)cccc2Cl)noc1N1CCOCC1. The minimum atomic E-state index is -1.06. The number of hydrogen-bond acceptors (Lipinski definition) is 6. The molecule has 1 N–H and O–H groups in total. The van der Waals surface area contributed by atoms with Gasteiger partial charge < -0.3 is 19.3 Å². The number of anilines is 1. The predicted octanol–water partition coefficient (Wildman–Crippen LogP) is 5.23. The van der Waals surface area contributed by atoms with Gasteiger partial charge in [-0.2, -0.15) is 0 Å².